The summed E-state index contributed by atoms with van der Waals surface area (Å²) in [6.07, 6.45) is 4.24. The molecular weight excluding hydrogens is 386 g/mol. The SMILES string of the molecule is CCN1CCCC1CNC(=NC)NCC1CCN(S(=O)(=O)c2ccccc2)CC1. The third-order valence-electron chi connectivity index (χ3n) is 6.15. The van der Waals surface area contributed by atoms with E-state index >= 15 is 0 Å². The number of guanidine groups is 1. The van der Waals surface area contributed by atoms with Crippen molar-refractivity contribution < 1.29 is 8.42 Å². The second kappa shape index (κ2) is 10.4. The van der Waals surface area contributed by atoms with Gasteiger partial charge in [0.05, 0.1) is 4.90 Å². The number of likely N-dealkylation sites (tertiary alicyclic amines) is 1. The van der Waals surface area contributed by atoms with E-state index in [1.807, 2.05) is 6.07 Å². The lowest BCUT2D eigenvalue weighted by molar-refractivity contribution is 0.265. The summed E-state index contributed by atoms with van der Waals surface area (Å²) in [4.78, 5) is 7.25. The summed E-state index contributed by atoms with van der Waals surface area (Å²) < 4.78 is 27.1. The van der Waals surface area contributed by atoms with Gasteiger partial charge in [-0.3, -0.25) is 9.89 Å². The molecule has 0 spiro atoms. The number of piperidine rings is 1. The number of nitrogens with zero attached hydrogens (tertiary/aromatic N) is 3. The van der Waals surface area contributed by atoms with Crippen LogP contribution in [0, 0.1) is 5.92 Å². The standard InChI is InChI=1S/C21H35N5O2S/c1-3-25-13-7-8-19(25)17-24-21(22-2)23-16-18-11-14-26(15-12-18)29(27,28)20-9-5-4-6-10-20/h4-6,9-10,18-19H,3,7-8,11-17H2,1-2H3,(H2,22,23,24). The highest BCUT2D eigenvalue weighted by Crippen LogP contribution is 2.23. The fourth-order valence-electron chi connectivity index (χ4n) is 4.31. The Morgan fingerprint density at radius 3 is 2.41 bits per heavy atom. The first-order valence-corrected chi connectivity index (χ1v) is 12.2. The third kappa shape index (κ3) is 5.71. The summed E-state index contributed by atoms with van der Waals surface area (Å²) >= 11 is 0. The Hall–Kier alpha value is -1.64. The van der Waals surface area contributed by atoms with Crippen LogP contribution in [0.3, 0.4) is 0 Å². The molecule has 2 fully saturated rings. The fourth-order valence-corrected chi connectivity index (χ4v) is 5.80. The van der Waals surface area contributed by atoms with Gasteiger partial charge in [-0.15, -0.1) is 0 Å². The molecule has 0 aromatic heterocycles. The van der Waals surface area contributed by atoms with Crippen LogP contribution in [0.5, 0.6) is 0 Å². The molecule has 1 unspecified atom stereocenters. The van der Waals surface area contributed by atoms with Crippen molar-refractivity contribution in [2.75, 3.05) is 46.3 Å². The molecule has 0 amide bonds. The number of nitrogens with one attached hydrogen (secondary N) is 2. The van der Waals surface area contributed by atoms with Crippen molar-refractivity contribution in [3.05, 3.63) is 30.3 Å². The highest BCUT2D eigenvalue weighted by Gasteiger charge is 2.29. The number of benzene rings is 1. The van der Waals surface area contributed by atoms with Crippen LogP contribution in [0.4, 0.5) is 0 Å². The molecule has 2 heterocycles. The maximum Gasteiger partial charge on any atom is 0.243 e. The molecule has 162 valence electrons. The molecule has 1 aromatic rings. The summed E-state index contributed by atoms with van der Waals surface area (Å²) in [5.74, 6) is 1.29. The Kier molecular flexibility index (Phi) is 7.91. The molecule has 1 aromatic carbocycles. The first kappa shape index (κ1) is 22.1. The number of rotatable bonds is 7. The zero-order chi connectivity index (χ0) is 20.7. The molecule has 0 radical (unpaired) electrons. The van der Waals surface area contributed by atoms with Crippen LogP contribution >= 0.6 is 0 Å². The largest absolute Gasteiger partial charge is 0.356 e. The van der Waals surface area contributed by atoms with Crippen LogP contribution < -0.4 is 10.6 Å². The number of hydrogen-bond acceptors (Lipinski definition) is 4. The predicted octanol–water partition coefficient (Wildman–Crippen LogP) is 1.74. The van der Waals surface area contributed by atoms with Gasteiger partial charge < -0.3 is 10.6 Å². The van der Waals surface area contributed by atoms with E-state index < -0.39 is 10.0 Å². The zero-order valence-electron chi connectivity index (χ0n) is 17.7. The number of hydrogen-bond donors (Lipinski definition) is 2. The average molecular weight is 422 g/mol. The maximum absolute atomic E-state index is 12.7. The van der Waals surface area contributed by atoms with Crippen molar-refractivity contribution in [3.63, 3.8) is 0 Å². The van der Waals surface area contributed by atoms with Gasteiger partial charge in [-0.2, -0.15) is 4.31 Å². The van der Waals surface area contributed by atoms with E-state index in [2.05, 4.69) is 27.4 Å². The van der Waals surface area contributed by atoms with Crippen molar-refractivity contribution in [2.45, 2.75) is 43.5 Å². The highest BCUT2D eigenvalue weighted by molar-refractivity contribution is 7.89. The van der Waals surface area contributed by atoms with Gasteiger partial charge in [0.15, 0.2) is 5.96 Å². The van der Waals surface area contributed by atoms with Crippen molar-refractivity contribution >= 4 is 16.0 Å². The van der Waals surface area contributed by atoms with Gasteiger partial charge in [-0.1, -0.05) is 25.1 Å². The average Bonchev–Trinajstić information content (AvgIpc) is 3.22. The minimum Gasteiger partial charge on any atom is -0.356 e. The quantitative estimate of drug-likeness (QED) is 0.518. The van der Waals surface area contributed by atoms with Crippen LogP contribution in [0.15, 0.2) is 40.2 Å². The minimum absolute atomic E-state index is 0.384. The monoisotopic (exact) mass is 421 g/mol. The number of sulfonamides is 1. The molecule has 2 aliphatic heterocycles. The summed E-state index contributed by atoms with van der Waals surface area (Å²) in [6, 6.07) is 9.31. The van der Waals surface area contributed by atoms with Gasteiger partial charge in [0.2, 0.25) is 10.0 Å². The Labute approximate surface area is 175 Å². The smallest absolute Gasteiger partial charge is 0.243 e. The van der Waals surface area contributed by atoms with Gasteiger partial charge in [-0.25, -0.2) is 8.42 Å². The summed E-state index contributed by atoms with van der Waals surface area (Å²) in [6.45, 7) is 7.40. The van der Waals surface area contributed by atoms with E-state index in [9.17, 15) is 8.42 Å². The van der Waals surface area contributed by atoms with Gasteiger partial charge in [0, 0.05) is 39.3 Å². The maximum atomic E-state index is 12.7. The lowest BCUT2D eigenvalue weighted by atomic mass is 9.98. The first-order chi connectivity index (χ1) is 14.0. The molecule has 0 aliphatic carbocycles. The van der Waals surface area contributed by atoms with Crippen LogP contribution in [0.2, 0.25) is 0 Å². The molecule has 2 aliphatic rings. The fraction of sp³-hybridized carbons (Fsp3) is 0.667. The van der Waals surface area contributed by atoms with E-state index in [0.29, 0.717) is 29.9 Å². The summed E-state index contributed by atoms with van der Waals surface area (Å²) in [5, 5.41) is 6.89. The topological polar surface area (TPSA) is 77.0 Å². The lowest BCUT2D eigenvalue weighted by Crippen LogP contribution is -2.47. The van der Waals surface area contributed by atoms with E-state index in [0.717, 1.165) is 38.4 Å². The van der Waals surface area contributed by atoms with Gasteiger partial charge in [-0.05, 0) is 56.8 Å². The number of likely N-dealkylation sites (N-methyl/N-ethyl adjacent to an activating group) is 1. The Morgan fingerprint density at radius 2 is 1.76 bits per heavy atom. The molecule has 2 saturated heterocycles. The molecular formula is C21H35N5O2S. The van der Waals surface area contributed by atoms with E-state index in [1.165, 1.54) is 19.4 Å². The third-order valence-corrected chi connectivity index (χ3v) is 8.06. The molecule has 2 N–H and O–H groups in total. The normalized spacial score (nSPS) is 22.7. The zero-order valence-corrected chi connectivity index (χ0v) is 18.5. The molecule has 7 nitrogen and oxygen atoms in total. The molecule has 1 atom stereocenters. The van der Waals surface area contributed by atoms with Gasteiger partial charge in [0.25, 0.3) is 0 Å². The Morgan fingerprint density at radius 1 is 1.07 bits per heavy atom. The molecule has 0 bridgehead atoms. The second-order valence-corrected chi connectivity index (χ2v) is 9.86. The van der Waals surface area contributed by atoms with Crippen molar-refractivity contribution in [1.82, 2.24) is 19.8 Å². The lowest BCUT2D eigenvalue weighted by Gasteiger charge is -2.31. The van der Waals surface area contributed by atoms with Crippen LogP contribution in [-0.4, -0.2) is 75.9 Å². The minimum atomic E-state index is -3.38. The summed E-state index contributed by atoms with van der Waals surface area (Å²) in [7, 11) is -1.57. The summed E-state index contributed by atoms with van der Waals surface area (Å²) in [5.41, 5.74) is 0. The van der Waals surface area contributed by atoms with Gasteiger partial charge >= 0.3 is 0 Å². The molecule has 3 rings (SSSR count). The molecule has 29 heavy (non-hydrogen) atoms. The molecule has 8 heteroatoms. The van der Waals surface area contributed by atoms with E-state index in [-0.39, 0.29) is 0 Å². The highest BCUT2D eigenvalue weighted by atomic mass is 32.2. The predicted molar refractivity (Wildman–Crippen MR) is 118 cm³/mol. The Bertz CT molecular complexity index is 761. The first-order valence-electron chi connectivity index (χ1n) is 10.8. The molecule has 0 saturated carbocycles. The van der Waals surface area contributed by atoms with Crippen molar-refractivity contribution in [3.8, 4) is 0 Å². The number of aliphatic imine (C=N–C) groups is 1. The Balaban J connectivity index is 1.42. The van der Waals surface area contributed by atoms with Crippen molar-refractivity contribution in [1.29, 1.82) is 0 Å². The van der Waals surface area contributed by atoms with Gasteiger partial charge in [0.1, 0.15) is 0 Å². The van der Waals surface area contributed by atoms with Crippen molar-refractivity contribution in [2.24, 2.45) is 10.9 Å². The van der Waals surface area contributed by atoms with Crippen LogP contribution in [-0.2, 0) is 10.0 Å². The van der Waals surface area contributed by atoms with E-state index in [4.69, 9.17) is 0 Å². The van der Waals surface area contributed by atoms with E-state index in [1.54, 1.807) is 35.6 Å². The van der Waals surface area contributed by atoms with Crippen LogP contribution in [0.25, 0.3) is 0 Å². The second-order valence-electron chi connectivity index (χ2n) is 7.92. The van der Waals surface area contributed by atoms with Crippen LogP contribution in [0.1, 0.15) is 32.6 Å².